The maximum absolute atomic E-state index is 12.1. The molecule has 1 aliphatic heterocycles. The molecule has 0 unspecified atom stereocenters. The first-order valence-corrected chi connectivity index (χ1v) is 7.39. The second kappa shape index (κ2) is 5.38. The van der Waals surface area contributed by atoms with E-state index < -0.39 is 0 Å². The lowest BCUT2D eigenvalue weighted by atomic mass is 10.0. The van der Waals surface area contributed by atoms with Crippen molar-refractivity contribution >= 4 is 11.8 Å². The Morgan fingerprint density at radius 1 is 1.30 bits per heavy atom. The second-order valence-corrected chi connectivity index (χ2v) is 5.67. The minimum Gasteiger partial charge on any atom is -0.371 e. The molecule has 1 fully saturated rings. The van der Waals surface area contributed by atoms with Crippen molar-refractivity contribution < 1.29 is 9.53 Å². The van der Waals surface area contributed by atoms with Gasteiger partial charge in [-0.1, -0.05) is 24.3 Å². The fourth-order valence-corrected chi connectivity index (χ4v) is 3.05. The summed E-state index contributed by atoms with van der Waals surface area (Å²) in [6, 6.07) is 13.0. The Balaban J connectivity index is 1.40. The number of nitrogens with one attached hydrogen (secondary N) is 2. The van der Waals surface area contributed by atoms with Gasteiger partial charge in [-0.15, -0.1) is 0 Å². The number of urea groups is 1. The highest BCUT2D eigenvalue weighted by Crippen LogP contribution is 2.48. The molecule has 0 saturated heterocycles. The monoisotopic (exact) mass is 306 g/mol. The molecule has 0 spiro atoms. The van der Waals surface area contributed by atoms with Gasteiger partial charge in [-0.25, -0.2) is 9.78 Å². The summed E-state index contributed by atoms with van der Waals surface area (Å²) in [5, 5.41) is 14.3. The molecular formula is C17H14N4O2. The zero-order valence-corrected chi connectivity index (χ0v) is 12.2. The van der Waals surface area contributed by atoms with Crippen LogP contribution >= 0.6 is 0 Å². The van der Waals surface area contributed by atoms with Gasteiger partial charge >= 0.3 is 6.03 Å². The number of carbonyl (C=O) groups excluding carboxylic acids is 1. The van der Waals surface area contributed by atoms with E-state index >= 15 is 0 Å². The number of pyridine rings is 1. The Morgan fingerprint density at radius 2 is 2.17 bits per heavy atom. The van der Waals surface area contributed by atoms with E-state index in [0.29, 0.717) is 18.0 Å². The van der Waals surface area contributed by atoms with E-state index in [0.717, 1.165) is 0 Å². The number of nitriles is 1. The van der Waals surface area contributed by atoms with Crippen molar-refractivity contribution in [1.82, 2.24) is 10.3 Å². The van der Waals surface area contributed by atoms with Crippen molar-refractivity contribution in [2.24, 2.45) is 0 Å². The minimum absolute atomic E-state index is 0.0166. The van der Waals surface area contributed by atoms with Gasteiger partial charge in [0.05, 0.1) is 24.3 Å². The van der Waals surface area contributed by atoms with Crippen molar-refractivity contribution in [3.05, 3.63) is 59.3 Å². The molecule has 1 saturated carbocycles. The molecule has 6 nitrogen and oxygen atoms in total. The van der Waals surface area contributed by atoms with Crippen molar-refractivity contribution in [3.63, 3.8) is 0 Å². The third kappa shape index (κ3) is 2.51. The Kier molecular flexibility index (Phi) is 3.21. The van der Waals surface area contributed by atoms with Gasteiger partial charge in [0.2, 0.25) is 0 Å². The number of anilines is 1. The molecule has 2 N–H and O–H groups in total. The largest absolute Gasteiger partial charge is 0.371 e. The Labute approximate surface area is 133 Å². The number of rotatable bonds is 2. The molecule has 0 bridgehead atoms. The van der Waals surface area contributed by atoms with Gasteiger partial charge in [0, 0.05) is 12.1 Å². The second-order valence-electron chi connectivity index (χ2n) is 5.67. The van der Waals surface area contributed by atoms with Crippen molar-refractivity contribution in [3.8, 4) is 6.07 Å². The number of fused-ring (bicyclic) bond motifs is 3. The van der Waals surface area contributed by atoms with Gasteiger partial charge < -0.3 is 10.1 Å². The summed E-state index contributed by atoms with van der Waals surface area (Å²) in [5.41, 5.74) is 2.90. The molecule has 1 aliphatic carbocycles. The zero-order chi connectivity index (χ0) is 15.8. The van der Waals surface area contributed by atoms with Crippen LogP contribution < -0.4 is 10.6 Å². The number of ether oxygens (including phenoxy) is 1. The summed E-state index contributed by atoms with van der Waals surface area (Å²) in [6.07, 6.45) is 1.47. The van der Waals surface area contributed by atoms with E-state index in [1.807, 2.05) is 18.2 Å². The topological polar surface area (TPSA) is 87.0 Å². The van der Waals surface area contributed by atoms with Crippen LogP contribution in [-0.4, -0.2) is 23.2 Å². The van der Waals surface area contributed by atoms with Crippen molar-refractivity contribution in [2.45, 2.75) is 24.7 Å². The summed E-state index contributed by atoms with van der Waals surface area (Å²) in [5.74, 6) is 0.631. The highest BCUT2D eigenvalue weighted by molar-refractivity contribution is 5.89. The standard InChI is InChI=1S/C17H14N4O2/c18-7-10-5-6-13(19-8-10)20-17(22)21-15-14-12-4-2-1-3-11(12)9-23-16(14)15/h1-6,8,14-16H,9H2,(H2,19,20,21,22)/t14-,15+,16-/m1/s1. The third-order valence-corrected chi connectivity index (χ3v) is 4.23. The maximum atomic E-state index is 12.1. The number of aromatic nitrogens is 1. The Hall–Kier alpha value is -2.91. The number of amides is 2. The molecule has 2 aliphatic rings. The van der Waals surface area contributed by atoms with Crippen LogP contribution in [0, 0.1) is 11.3 Å². The quantitative estimate of drug-likeness (QED) is 0.890. The molecule has 4 rings (SSSR count). The maximum Gasteiger partial charge on any atom is 0.320 e. The summed E-state index contributed by atoms with van der Waals surface area (Å²) >= 11 is 0. The first kappa shape index (κ1) is 13.7. The van der Waals surface area contributed by atoms with Gasteiger partial charge in [-0.3, -0.25) is 5.32 Å². The molecule has 114 valence electrons. The van der Waals surface area contributed by atoms with E-state index in [1.54, 1.807) is 12.1 Å². The summed E-state index contributed by atoms with van der Waals surface area (Å²) in [6.45, 7) is 0.592. The average Bonchev–Trinajstić information content (AvgIpc) is 3.29. The lowest BCUT2D eigenvalue weighted by Gasteiger charge is -2.13. The smallest absolute Gasteiger partial charge is 0.320 e. The van der Waals surface area contributed by atoms with Gasteiger partial charge in [-0.2, -0.15) is 5.26 Å². The van der Waals surface area contributed by atoms with E-state index in [2.05, 4.69) is 27.8 Å². The molecule has 2 amide bonds. The van der Waals surface area contributed by atoms with Crippen molar-refractivity contribution in [1.29, 1.82) is 5.26 Å². The number of hydrogen-bond acceptors (Lipinski definition) is 4. The summed E-state index contributed by atoms with van der Waals surface area (Å²) in [7, 11) is 0. The molecule has 1 aromatic carbocycles. The highest BCUT2D eigenvalue weighted by atomic mass is 16.5. The first-order valence-electron chi connectivity index (χ1n) is 7.39. The van der Waals surface area contributed by atoms with E-state index in [1.165, 1.54) is 17.3 Å². The van der Waals surface area contributed by atoms with Crippen LogP contribution in [0.5, 0.6) is 0 Å². The van der Waals surface area contributed by atoms with Crippen molar-refractivity contribution in [2.75, 3.05) is 5.32 Å². The minimum atomic E-state index is -0.317. The van der Waals surface area contributed by atoms with Gasteiger partial charge in [0.1, 0.15) is 11.9 Å². The predicted molar refractivity (Wildman–Crippen MR) is 82.7 cm³/mol. The SMILES string of the molecule is N#Cc1ccc(NC(=O)N[C@@H]2[C@@H]3OCc4ccccc4[C@H]23)nc1. The van der Waals surface area contributed by atoms with E-state index in [-0.39, 0.29) is 24.1 Å². The lowest BCUT2D eigenvalue weighted by molar-refractivity contribution is 0.0880. The molecule has 1 aromatic heterocycles. The number of nitrogens with zero attached hydrogens (tertiary/aromatic N) is 2. The van der Waals surface area contributed by atoms with Gasteiger partial charge in [0.15, 0.2) is 0 Å². The Morgan fingerprint density at radius 3 is 2.96 bits per heavy atom. The predicted octanol–water partition coefficient (Wildman–Crippen LogP) is 2.14. The normalized spacial score (nSPS) is 23.9. The van der Waals surface area contributed by atoms with Crippen LogP contribution in [0.1, 0.15) is 22.6 Å². The average molecular weight is 306 g/mol. The van der Waals surface area contributed by atoms with Crippen LogP contribution in [0.4, 0.5) is 10.6 Å². The number of hydrogen-bond donors (Lipinski definition) is 2. The van der Waals surface area contributed by atoms with Crippen LogP contribution in [-0.2, 0) is 11.3 Å². The van der Waals surface area contributed by atoms with Crippen LogP contribution in [0.2, 0.25) is 0 Å². The van der Waals surface area contributed by atoms with Crippen LogP contribution in [0.15, 0.2) is 42.6 Å². The molecule has 2 heterocycles. The van der Waals surface area contributed by atoms with E-state index in [4.69, 9.17) is 10.00 Å². The fraction of sp³-hybridized carbons (Fsp3) is 0.235. The summed E-state index contributed by atoms with van der Waals surface area (Å²) < 4.78 is 5.78. The molecule has 6 heteroatoms. The number of benzene rings is 1. The van der Waals surface area contributed by atoms with Crippen LogP contribution in [0.3, 0.4) is 0 Å². The molecule has 2 aromatic rings. The fourth-order valence-electron chi connectivity index (χ4n) is 3.05. The molecule has 23 heavy (non-hydrogen) atoms. The Bertz CT molecular complexity index is 797. The first-order chi connectivity index (χ1) is 11.3. The molecular weight excluding hydrogens is 292 g/mol. The van der Waals surface area contributed by atoms with Gasteiger partial charge in [-0.05, 0) is 23.3 Å². The number of carbonyl (C=O) groups is 1. The third-order valence-electron chi connectivity index (χ3n) is 4.23. The lowest BCUT2D eigenvalue weighted by Crippen LogP contribution is -2.33. The highest BCUT2D eigenvalue weighted by Gasteiger charge is 2.55. The zero-order valence-electron chi connectivity index (χ0n) is 12.2. The summed E-state index contributed by atoms with van der Waals surface area (Å²) in [4.78, 5) is 16.1. The van der Waals surface area contributed by atoms with E-state index in [9.17, 15) is 4.79 Å². The van der Waals surface area contributed by atoms with Gasteiger partial charge in [0.25, 0.3) is 0 Å². The molecule has 0 radical (unpaired) electrons. The molecule has 3 atom stereocenters. The van der Waals surface area contributed by atoms with Crippen LogP contribution in [0.25, 0.3) is 0 Å².